The third-order valence-electron chi connectivity index (χ3n) is 3.98. The highest BCUT2D eigenvalue weighted by Crippen LogP contribution is 2.29. The van der Waals surface area contributed by atoms with Gasteiger partial charge in [0.05, 0.1) is 17.1 Å². The number of amides is 1. The average Bonchev–Trinajstić information content (AvgIpc) is 3.13. The lowest BCUT2D eigenvalue weighted by molar-refractivity contribution is -0.124. The topological polar surface area (TPSA) is 58.7 Å². The Labute approximate surface area is 166 Å². The lowest BCUT2D eigenvalue weighted by atomic mass is 10.2. The molecule has 8 heteroatoms. The summed E-state index contributed by atoms with van der Waals surface area (Å²) in [5.41, 5.74) is 2.76. The predicted octanol–water partition coefficient (Wildman–Crippen LogP) is 4.83. The van der Waals surface area contributed by atoms with E-state index in [0.29, 0.717) is 28.3 Å². The van der Waals surface area contributed by atoms with Gasteiger partial charge in [0.2, 0.25) is 5.91 Å². The van der Waals surface area contributed by atoms with Gasteiger partial charge in [-0.2, -0.15) is 0 Å². The monoisotopic (exact) mass is 409 g/mol. The first-order chi connectivity index (χ1) is 12.4. The molecule has 1 atom stereocenters. The van der Waals surface area contributed by atoms with Crippen LogP contribution in [0.25, 0.3) is 0 Å². The Morgan fingerprint density at radius 1 is 1.42 bits per heavy atom. The first-order valence-corrected chi connectivity index (χ1v) is 10.7. The summed E-state index contributed by atoms with van der Waals surface area (Å²) in [4.78, 5) is 19.1. The van der Waals surface area contributed by atoms with Crippen LogP contribution >= 0.6 is 35.1 Å². The number of rotatable bonds is 5. The second-order valence-electron chi connectivity index (χ2n) is 6.10. The van der Waals surface area contributed by atoms with E-state index >= 15 is 0 Å². The molecule has 26 heavy (non-hydrogen) atoms. The Kier molecular flexibility index (Phi) is 6.32. The summed E-state index contributed by atoms with van der Waals surface area (Å²) in [6.45, 7) is 6.60. The van der Waals surface area contributed by atoms with Gasteiger partial charge in [0.1, 0.15) is 5.76 Å². The molecule has 1 saturated heterocycles. The zero-order valence-corrected chi connectivity index (χ0v) is 17.2. The van der Waals surface area contributed by atoms with Crippen molar-refractivity contribution in [2.24, 2.45) is 4.99 Å². The highest BCUT2D eigenvalue weighted by Gasteiger charge is 2.30. The van der Waals surface area contributed by atoms with Gasteiger partial charge in [-0.05, 0) is 38.1 Å². The fourth-order valence-electron chi connectivity index (χ4n) is 2.56. The SMILES string of the molecule is Cc1noc(C)c1CSCC(=O)N1CC(C)SC1=Nc1ccc(Cl)cc1. The van der Waals surface area contributed by atoms with Gasteiger partial charge >= 0.3 is 0 Å². The van der Waals surface area contributed by atoms with E-state index in [9.17, 15) is 4.79 Å². The van der Waals surface area contributed by atoms with Crippen LogP contribution in [-0.2, 0) is 10.5 Å². The van der Waals surface area contributed by atoms with Gasteiger partial charge in [-0.25, -0.2) is 4.99 Å². The number of carbonyl (C=O) groups is 1. The number of amidine groups is 1. The average molecular weight is 410 g/mol. The lowest BCUT2D eigenvalue weighted by Crippen LogP contribution is -2.33. The molecule has 0 aliphatic carbocycles. The van der Waals surface area contributed by atoms with Gasteiger partial charge in [0.15, 0.2) is 5.17 Å². The minimum atomic E-state index is 0.0753. The first-order valence-electron chi connectivity index (χ1n) is 8.25. The smallest absolute Gasteiger partial charge is 0.238 e. The first kappa shape index (κ1) is 19.3. The van der Waals surface area contributed by atoms with E-state index in [1.165, 1.54) is 0 Å². The van der Waals surface area contributed by atoms with Crippen LogP contribution in [0.1, 0.15) is 23.9 Å². The molecule has 138 valence electrons. The Hall–Kier alpha value is -1.44. The second-order valence-corrected chi connectivity index (χ2v) is 8.93. The van der Waals surface area contributed by atoms with Gasteiger partial charge in [0.25, 0.3) is 0 Å². The van der Waals surface area contributed by atoms with Crippen molar-refractivity contribution >= 4 is 51.9 Å². The summed E-state index contributed by atoms with van der Waals surface area (Å²) in [5, 5.41) is 5.71. The van der Waals surface area contributed by atoms with Gasteiger partial charge in [-0.3, -0.25) is 9.69 Å². The zero-order chi connectivity index (χ0) is 18.7. The number of aliphatic imine (C=N–C) groups is 1. The minimum absolute atomic E-state index is 0.0753. The molecule has 0 spiro atoms. The normalized spacial score (nSPS) is 18.7. The molecule has 1 aliphatic heterocycles. The highest BCUT2D eigenvalue weighted by atomic mass is 35.5. The van der Waals surface area contributed by atoms with E-state index in [4.69, 9.17) is 16.1 Å². The molecule has 0 N–H and O–H groups in total. The molecule has 1 aromatic heterocycles. The third kappa shape index (κ3) is 4.64. The molecular weight excluding hydrogens is 390 g/mol. The van der Waals surface area contributed by atoms with Crippen LogP contribution in [0.2, 0.25) is 5.02 Å². The number of halogens is 1. The van der Waals surface area contributed by atoms with E-state index in [2.05, 4.69) is 17.1 Å². The maximum Gasteiger partial charge on any atom is 0.238 e. The Bertz CT molecular complexity index is 801. The number of nitrogens with zero attached hydrogens (tertiary/aromatic N) is 3. The van der Waals surface area contributed by atoms with Gasteiger partial charge in [-0.15, -0.1) is 11.8 Å². The molecule has 1 unspecified atom stereocenters. The highest BCUT2D eigenvalue weighted by molar-refractivity contribution is 8.14. The van der Waals surface area contributed by atoms with Crippen molar-refractivity contribution in [3.63, 3.8) is 0 Å². The largest absolute Gasteiger partial charge is 0.361 e. The molecular formula is C18H20ClN3O2S2. The lowest BCUT2D eigenvalue weighted by Gasteiger charge is -2.16. The number of hydrogen-bond donors (Lipinski definition) is 0. The molecule has 0 saturated carbocycles. The van der Waals surface area contributed by atoms with Gasteiger partial charge < -0.3 is 4.52 Å². The van der Waals surface area contributed by atoms with Crippen LogP contribution in [0, 0.1) is 13.8 Å². The molecule has 0 radical (unpaired) electrons. The zero-order valence-electron chi connectivity index (χ0n) is 14.9. The van der Waals surface area contributed by atoms with Crippen molar-refractivity contribution in [2.75, 3.05) is 12.3 Å². The Balaban J connectivity index is 1.64. The molecule has 0 bridgehead atoms. The van der Waals surface area contributed by atoms with E-state index in [-0.39, 0.29) is 5.91 Å². The number of aryl methyl sites for hydroxylation is 2. The summed E-state index contributed by atoms with van der Waals surface area (Å²) < 4.78 is 5.17. The maximum atomic E-state index is 12.7. The molecule has 1 amide bonds. The van der Waals surface area contributed by atoms with E-state index in [1.54, 1.807) is 40.6 Å². The number of hydrogen-bond acceptors (Lipinski definition) is 6. The number of benzene rings is 1. The van der Waals surface area contributed by atoms with Crippen molar-refractivity contribution in [2.45, 2.75) is 31.8 Å². The van der Waals surface area contributed by atoms with Crippen molar-refractivity contribution in [3.8, 4) is 0 Å². The fraction of sp³-hybridized carbons (Fsp3) is 0.389. The Morgan fingerprint density at radius 3 is 2.81 bits per heavy atom. The fourth-order valence-corrected chi connectivity index (χ4v) is 4.78. The number of aromatic nitrogens is 1. The van der Waals surface area contributed by atoms with Crippen LogP contribution in [-0.4, -0.2) is 38.7 Å². The molecule has 5 nitrogen and oxygen atoms in total. The summed E-state index contributed by atoms with van der Waals surface area (Å²) in [5.74, 6) is 2.01. The Morgan fingerprint density at radius 2 is 2.15 bits per heavy atom. The molecule has 2 aromatic rings. The molecule has 1 fully saturated rings. The van der Waals surface area contributed by atoms with Crippen molar-refractivity contribution in [3.05, 3.63) is 46.3 Å². The number of thioether (sulfide) groups is 2. The van der Waals surface area contributed by atoms with Crippen LogP contribution < -0.4 is 0 Å². The third-order valence-corrected chi connectivity index (χ3v) is 6.25. The summed E-state index contributed by atoms with van der Waals surface area (Å²) >= 11 is 9.12. The van der Waals surface area contributed by atoms with Crippen LogP contribution in [0.15, 0.2) is 33.8 Å². The predicted molar refractivity (Wildman–Crippen MR) is 109 cm³/mol. The van der Waals surface area contributed by atoms with Crippen molar-refractivity contribution < 1.29 is 9.32 Å². The van der Waals surface area contributed by atoms with Crippen LogP contribution in [0.5, 0.6) is 0 Å². The molecule has 2 heterocycles. The van der Waals surface area contributed by atoms with Gasteiger partial charge in [0, 0.05) is 28.1 Å². The van der Waals surface area contributed by atoms with E-state index in [0.717, 1.165) is 27.9 Å². The van der Waals surface area contributed by atoms with E-state index in [1.807, 2.05) is 26.0 Å². The molecule has 1 aromatic carbocycles. The summed E-state index contributed by atoms with van der Waals surface area (Å²) in [6.07, 6.45) is 0. The quantitative estimate of drug-likeness (QED) is 0.707. The van der Waals surface area contributed by atoms with Crippen molar-refractivity contribution in [1.29, 1.82) is 0 Å². The second kappa shape index (κ2) is 8.50. The summed E-state index contributed by atoms with van der Waals surface area (Å²) in [7, 11) is 0. The van der Waals surface area contributed by atoms with Crippen molar-refractivity contribution in [1.82, 2.24) is 10.1 Å². The number of carbonyl (C=O) groups excluding carboxylic acids is 1. The van der Waals surface area contributed by atoms with Crippen LogP contribution in [0.4, 0.5) is 5.69 Å². The van der Waals surface area contributed by atoms with E-state index < -0.39 is 0 Å². The molecule has 1 aliphatic rings. The molecule has 3 rings (SSSR count). The standard InChI is InChI=1S/C18H20ClN3O2S2/c1-11-8-22(18(26-11)20-15-6-4-14(19)5-7-15)17(23)10-25-9-16-12(2)21-24-13(16)3/h4-7,11H,8-10H2,1-3H3. The van der Waals surface area contributed by atoms with Gasteiger partial charge in [-0.1, -0.05) is 35.4 Å². The van der Waals surface area contributed by atoms with Crippen LogP contribution in [0.3, 0.4) is 0 Å². The maximum absolute atomic E-state index is 12.7. The minimum Gasteiger partial charge on any atom is -0.361 e. The summed E-state index contributed by atoms with van der Waals surface area (Å²) in [6, 6.07) is 7.31.